The fourth-order valence-electron chi connectivity index (χ4n) is 5.17. The highest BCUT2D eigenvalue weighted by atomic mass is 19.3. The monoisotopic (exact) mass is 577 g/mol. The Morgan fingerprint density at radius 1 is 1.14 bits per heavy atom. The van der Waals surface area contributed by atoms with Gasteiger partial charge in [-0.15, -0.1) is 0 Å². The maximum atomic E-state index is 13.0. The SMILES string of the molecule is COc1cc(C#N)ccc1COc1cccc(C2CCN(Cc3nc4c(OC(F)F)cc(C(=O)O)cc4n3C)CC2)n1. The number of hydrogen-bond donors (Lipinski definition) is 1. The number of aryl methyl sites for hydroxylation is 1. The van der Waals surface area contributed by atoms with Gasteiger partial charge in [-0.2, -0.15) is 14.0 Å². The van der Waals surface area contributed by atoms with Gasteiger partial charge in [0.25, 0.3) is 0 Å². The first-order valence-corrected chi connectivity index (χ1v) is 13.3. The molecule has 42 heavy (non-hydrogen) atoms. The largest absolute Gasteiger partial charge is 0.496 e. The molecule has 4 aromatic rings. The first-order chi connectivity index (χ1) is 20.2. The Balaban J connectivity index is 1.23. The second-order valence-corrected chi connectivity index (χ2v) is 9.99. The van der Waals surface area contributed by atoms with E-state index >= 15 is 0 Å². The number of fused-ring (bicyclic) bond motifs is 1. The predicted molar refractivity (Wildman–Crippen MR) is 148 cm³/mol. The normalized spacial score (nSPS) is 14.2. The van der Waals surface area contributed by atoms with E-state index in [2.05, 4.69) is 20.7 Å². The molecule has 0 atom stereocenters. The Kier molecular flexibility index (Phi) is 8.49. The molecule has 2 aromatic heterocycles. The number of ether oxygens (including phenoxy) is 3. The Bertz CT molecular complexity index is 1640. The van der Waals surface area contributed by atoms with Crippen molar-refractivity contribution in [2.24, 2.45) is 7.05 Å². The quantitative estimate of drug-likeness (QED) is 0.274. The van der Waals surface area contributed by atoms with E-state index in [0.717, 1.165) is 43.3 Å². The number of nitrogens with zero attached hydrogens (tertiary/aromatic N) is 5. The van der Waals surface area contributed by atoms with E-state index in [4.69, 9.17) is 19.7 Å². The number of benzene rings is 2. The minimum Gasteiger partial charge on any atom is -0.496 e. The second-order valence-electron chi connectivity index (χ2n) is 9.99. The van der Waals surface area contributed by atoms with Crippen molar-refractivity contribution in [1.82, 2.24) is 19.4 Å². The third-order valence-corrected chi connectivity index (χ3v) is 7.41. The summed E-state index contributed by atoms with van der Waals surface area (Å²) in [5.74, 6) is 0.446. The van der Waals surface area contributed by atoms with Crippen LogP contribution in [0.25, 0.3) is 11.0 Å². The Morgan fingerprint density at radius 3 is 2.62 bits per heavy atom. The lowest BCUT2D eigenvalue weighted by Crippen LogP contribution is -2.33. The number of aromatic nitrogens is 3. The van der Waals surface area contributed by atoms with Crippen molar-refractivity contribution in [3.63, 3.8) is 0 Å². The number of piperidine rings is 1. The van der Waals surface area contributed by atoms with Gasteiger partial charge in [0.15, 0.2) is 5.75 Å². The van der Waals surface area contributed by atoms with Crippen molar-refractivity contribution >= 4 is 17.0 Å². The smallest absolute Gasteiger partial charge is 0.387 e. The molecule has 0 unspecified atom stereocenters. The van der Waals surface area contributed by atoms with Gasteiger partial charge in [-0.3, -0.25) is 4.90 Å². The van der Waals surface area contributed by atoms with Crippen LogP contribution in [0.1, 0.15) is 51.8 Å². The molecule has 0 saturated carbocycles. The number of imidazole rings is 1. The summed E-state index contributed by atoms with van der Waals surface area (Å²) in [6.07, 6.45) is 1.71. The third-order valence-electron chi connectivity index (χ3n) is 7.41. The van der Waals surface area contributed by atoms with Gasteiger partial charge in [-0.1, -0.05) is 12.1 Å². The van der Waals surface area contributed by atoms with Crippen LogP contribution in [0.4, 0.5) is 8.78 Å². The number of aromatic carboxylic acids is 1. The maximum absolute atomic E-state index is 13.0. The van der Waals surface area contributed by atoms with Crippen molar-refractivity contribution in [2.75, 3.05) is 20.2 Å². The highest BCUT2D eigenvalue weighted by Crippen LogP contribution is 2.32. The molecular formula is C30H29F2N5O5. The number of likely N-dealkylation sites (tertiary alicyclic amines) is 1. The summed E-state index contributed by atoms with van der Waals surface area (Å²) in [5, 5.41) is 18.5. The molecule has 0 aliphatic carbocycles. The zero-order chi connectivity index (χ0) is 29.8. The second kappa shape index (κ2) is 12.4. The Morgan fingerprint density at radius 2 is 1.93 bits per heavy atom. The standard InChI is InChI=1S/C30H29F2N5O5/c1-36-23-13-21(29(38)39)14-25(42-30(31)32)28(23)35-26(36)16-37-10-8-19(9-11-37)22-4-3-5-27(34-22)41-17-20-7-6-18(15-33)12-24(20)40-2/h3-7,12-14,19,30H,8-11,16-17H2,1-2H3,(H,38,39). The van der Waals surface area contributed by atoms with Crippen molar-refractivity contribution in [3.05, 3.63) is 76.7 Å². The molecule has 0 amide bonds. The predicted octanol–water partition coefficient (Wildman–Crippen LogP) is 5.11. The van der Waals surface area contributed by atoms with Crippen LogP contribution in [-0.4, -0.2) is 57.3 Å². The van der Waals surface area contributed by atoms with Crippen LogP contribution in [0.2, 0.25) is 0 Å². The number of rotatable bonds is 10. The van der Waals surface area contributed by atoms with Gasteiger partial charge in [0, 0.05) is 30.3 Å². The first kappa shape index (κ1) is 28.8. The van der Waals surface area contributed by atoms with Crippen molar-refractivity contribution in [3.8, 4) is 23.4 Å². The maximum Gasteiger partial charge on any atom is 0.387 e. The minimum atomic E-state index is -3.10. The molecule has 1 aliphatic heterocycles. The van der Waals surface area contributed by atoms with Gasteiger partial charge in [0.1, 0.15) is 23.7 Å². The highest BCUT2D eigenvalue weighted by molar-refractivity contribution is 5.95. The average Bonchev–Trinajstić information content (AvgIpc) is 3.31. The van der Waals surface area contributed by atoms with Crippen LogP contribution in [0.15, 0.2) is 48.5 Å². The summed E-state index contributed by atoms with van der Waals surface area (Å²) in [6.45, 7) is -0.844. The number of hydrogen-bond acceptors (Lipinski definition) is 8. The number of halogens is 2. The first-order valence-electron chi connectivity index (χ1n) is 13.3. The molecule has 1 N–H and O–H groups in total. The van der Waals surface area contributed by atoms with Gasteiger partial charge in [-0.05, 0) is 56.3 Å². The minimum absolute atomic E-state index is 0.150. The average molecular weight is 578 g/mol. The number of pyridine rings is 1. The van der Waals surface area contributed by atoms with Gasteiger partial charge in [-0.25, -0.2) is 14.8 Å². The van der Waals surface area contributed by atoms with Gasteiger partial charge >= 0.3 is 12.6 Å². The lowest BCUT2D eigenvalue weighted by molar-refractivity contribution is -0.0489. The number of nitriles is 1. The fourth-order valence-corrected chi connectivity index (χ4v) is 5.17. The number of methoxy groups -OCH3 is 1. The molecule has 0 radical (unpaired) electrons. The van der Waals surface area contributed by atoms with Crippen molar-refractivity contribution in [1.29, 1.82) is 5.26 Å². The molecule has 1 saturated heterocycles. The van der Waals surface area contributed by atoms with E-state index in [1.165, 1.54) is 6.07 Å². The molecule has 12 heteroatoms. The summed E-state index contributed by atoms with van der Waals surface area (Å²) in [5.41, 5.74) is 2.73. The van der Waals surface area contributed by atoms with E-state index in [1.54, 1.807) is 36.9 Å². The Hall–Kier alpha value is -4.76. The van der Waals surface area contributed by atoms with Crippen LogP contribution >= 0.6 is 0 Å². The lowest BCUT2D eigenvalue weighted by Gasteiger charge is -2.31. The van der Waals surface area contributed by atoms with Crippen LogP contribution in [0.3, 0.4) is 0 Å². The van der Waals surface area contributed by atoms with E-state index in [0.29, 0.717) is 35.1 Å². The molecule has 1 aliphatic rings. The van der Waals surface area contributed by atoms with E-state index < -0.39 is 12.6 Å². The van der Waals surface area contributed by atoms with Crippen molar-refractivity contribution in [2.45, 2.75) is 38.5 Å². The van der Waals surface area contributed by atoms with Crippen LogP contribution < -0.4 is 14.2 Å². The van der Waals surface area contributed by atoms with E-state index in [9.17, 15) is 18.7 Å². The summed E-state index contributed by atoms with van der Waals surface area (Å²) in [7, 11) is 3.29. The molecule has 0 spiro atoms. The topological polar surface area (TPSA) is 123 Å². The summed E-state index contributed by atoms with van der Waals surface area (Å²) in [6, 6.07) is 15.5. The summed E-state index contributed by atoms with van der Waals surface area (Å²) < 4.78 is 43.6. The third kappa shape index (κ3) is 6.26. The number of carboxylic acid groups (broad SMARTS) is 1. The van der Waals surface area contributed by atoms with Crippen LogP contribution in [0, 0.1) is 11.3 Å². The molecule has 2 aromatic carbocycles. The number of carbonyl (C=O) groups is 1. The molecule has 3 heterocycles. The Labute approximate surface area is 240 Å². The fraction of sp³-hybridized carbons (Fsp3) is 0.333. The zero-order valence-electron chi connectivity index (χ0n) is 23.1. The summed E-state index contributed by atoms with van der Waals surface area (Å²) in [4.78, 5) is 23.0. The molecular weight excluding hydrogens is 548 g/mol. The van der Waals surface area contributed by atoms with E-state index in [-0.39, 0.29) is 29.4 Å². The zero-order valence-corrected chi connectivity index (χ0v) is 23.1. The van der Waals surface area contributed by atoms with E-state index in [1.807, 2.05) is 18.2 Å². The molecule has 0 bridgehead atoms. The van der Waals surface area contributed by atoms with Gasteiger partial charge in [0.05, 0.1) is 36.4 Å². The van der Waals surface area contributed by atoms with Crippen molar-refractivity contribution < 1.29 is 32.9 Å². The van der Waals surface area contributed by atoms with Crippen LogP contribution in [0.5, 0.6) is 17.4 Å². The van der Waals surface area contributed by atoms with Gasteiger partial charge < -0.3 is 23.9 Å². The number of carboxylic acids is 1. The van der Waals surface area contributed by atoms with Crippen LogP contribution in [-0.2, 0) is 20.2 Å². The summed E-state index contributed by atoms with van der Waals surface area (Å²) >= 11 is 0. The molecule has 10 nitrogen and oxygen atoms in total. The molecule has 5 rings (SSSR count). The van der Waals surface area contributed by atoms with Gasteiger partial charge in [0.2, 0.25) is 5.88 Å². The number of alkyl halides is 2. The lowest BCUT2D eigenvalue weighted by atomic mass is 9.93. The molecule has 218 valence electrons. The highest BCUT2D eigenvalue weighted by Gasteiger charge is 2.25. The molecule has 1 fully saturated rings.